The summed E-state index contributed by atoms with van der Waals surface area (Å²) in [5.41, 5.74) is 7.38. The van der Waals surface area contributed by atoms with Crippen molar-refractivity contribution in [3.63, 3.8) is 0 Å². The summed E-state index contributed by atoms with van der Waals surface area (Å²) in [5.74, 6) is 4.46. The van der Waals surface area contributed by atoms with Crippen molar-refractivity contribution >= 4 is 21.4 Å². The van der Waals surface area contributed by atoms with Gasteiger partial charge in [-0.25, -0.2) is 8.42 Å². The van der Waals surface area contributed by atoms with Gasteiger partial charge in [0.2, 0.25) is 5.91 Å². The Morgan fingerprint density at radius 1 is 1.42 bits per heavy atom. The molecule has 1 aromatic carbocycles. The van der Waals surface area contributed by atoms with Crippen LogP contribution in [-0.4, -0.2) is 32.9 Å². The van der Waals surface area contributed by atoms with Crippen molar-refractivity contribution < 1.29 is 13.2 Å². The van der Waals surface area contributed by atoms with Crippen LogP contribution in [0.2, 0.25) is 0 Å². The number of anilines is 1. The van der Waals surface area contributed by atoms with Gasteiger partial charge in [-0.2, -0.15) is 0 Å². The highest BCUT2D eigenvalue weighted by atomic mass is 32.2. The first kappa shape index (κ1) is 15.2. The van der Waals surface area contributed by atoms with E-state index >= 15 is 0 Å². The summed E-state index contributed by atoms with van der Waals surface area (Å²) >= 11 is 0. The monoisotopic (exact) mass is 280 g/mol. The maximum atomic E-state index is 11.6. The first-order valence-electron chi connectivity index (χ1n) is 5.59. The molecular weight excluding hydrogens is 264 g/mol. The summed E-state index contributed by atoms with van der Waals surface area (Å²) in [5, 5.41) is 2.57. The van der Waals surface area contributed by atoms with Crippen molar-refractivity contribution in [3.05, 3.63) is 29.3 Å². The predicted molar refractivity (Wildman–Crippen MR) is 75.5 cm³/mol. The Balaban J connectivity index is 2.91. The van der Waals surface area contributed by atoms with Gasteiger partial charge in [-0.15, -0.1) is 0 Å². The van der Waals surface area contributed by atoms with Gasteiger partial charge in [-0.3, -0.25) is 4.79 Å². The molecule has 0 atom stereocenters. The van der Waals surface area contributed by atoms with E-state index in [1.807, 2.05) is 13.0 Å². The average Bonchev–Trinajstić information content (AvgIpc) is 2.27. The zero-order valence-electron chi connectivity index (χ0n) is 10.9. The molecule has 1 amide bonds. The van der Waals surface area contributed by atoms with Gasteiger partial charge in [-0.1, -0.05) is 17.9 Å². The molecule has 102 valence electrons. The second kappa shape index (κ2) is 6.36. The molecule has 0 aromatic heterocycles. The summed E-state index contributed by atoms with van der Waals surface area (Å²) < 4.78 is 22.1. The van der Waals surface area contributed by atoms with Crippen LogP contribution < -0.4 is 11.1 Å². The van der Waals surface area contributed by atoms with E-state index in [4.69, 9.17) is 5.73 Å². The zero-order valence-corrected chi connectivity index (χ0v) is 11.7. The van der Waals surface area contributed by atoms with Crippen molar-refractivity contribution in [1.82, 2.24) is 0 Å². The highest BCUT2D eigenvalue weighted by Crippen LogP contribution is 2.16. The summed E-state index contributed by atoms with van der Waals surface area (Å²) in [6.45, 7) is 2.07. The molecule has 0 unspecified atom stereocenters. The fraction of sp³-hybridized carbons (Fsp3) is 0.308. The minimum absolute atomic E-state index is 0.254. The maximum Gasteiger partial charge on any atom is 0.239 e. The van der Waals surface area contributed by atoms with Crippen molar-refractivity contribution in [3.8, 4) is 11.8 Å². The van der Waals surface area contributed by atoms with Gasteiger partial charge in [0.1, 0.15) is 5.75 Å². The van der Waals surface area contributed by atoms with E-state index in [9.17, 15) is 13.2 Å². The lowest BCUT2D eigenvalue weighted by Gasteiger charge is -2.08. The third-order valence-electron chi connectivity index (χ3n) is 2.24. The lowest BCUT2D eigenvalue weighted by Crippen LogP contribution is -2.22. The molecule has 1 rings (SSSR count). The first-order chi connectivity index (χ1) is 8.81. The summed E-state index contributed by atoms with van der Waals surface area (Å²) in [6.07, 6.45) is 1.02. The Morgan fingerprint density at radius 2 is 2.11 bits per heavy atom. The number of aryl methyl sites for hydroxylation is 1. The van der Waals surface area contributed by atoms with Gasteiger partial charge in [0.15, 0.2) is 9.84 Å². The number of sulfone groups is 1. The molecule has 19 heavy (non-hydrogen) atoms. The van der Waals surface area contributed by atoms with Gasteiger partial charge in [0, 0.05) is 17.5 Å². The van der Waals surface area contributed by atoms with Crippen LogP contribution in [0.25, 0.3) is 0 Å². The molecule has 0 saturated heterocycles. The standard InChI is InChI=1S/C13H16N2O3S/c1-10-5-6-11(4-3-7-14)8-12(10)15-13(16)9-19(2,17)18/h5-6,8H,7,9,14H2,1-2H3,(H,15,16). The highest BCUT2D eigenvalue weighted by molar-refractivity contribution is 7.91. The van der Waals surface area contributed by atoms with Gasteiger partial charge in [0.25, 0.3) is 0 Å². The van der Waals surface area contributed by atoms with E-state index in [1.165, 1.54) is 0 Å². The van der Waals surface area contributed by atoms with Crippen molar-refractivity contribution in [2.24, 2.45) is 5.73 Å². The largest absolute Gasteiger partial charge is 0.325 e. The second-order valence-corrected chi connectivity index (χ2v) is 6.29. The molecule has 3 N–H and O–H groups in total. The zero-order chi connectivity index (χ0) is 14.5. The average molecular weight is 280 g/mol. The molecule has 0 heterocycles. The number of carbonyl (C=O) groups excluding carboxylic acids is 1. The van der Waals surface area contributed by atoms with E-state index in [1.54, 1.807) is 12.1 Å². The van der Waals surface area contributed by atoms with Crippen LogP contribution in [0.15, 0.2) is 18.2 Å². The second-order valence-electron chi connectivity index (χ2n) is 4.15. The molecule has 5 nitrogen and oxygen atoms in total. The molecule has 0 aliphatic carbocycles. The van der Waals surface area contributed by atoms with E-state index < -0.39 is 21.5 Å². The Morgan fingerprint density at radius 3 is 2.68 bits per heavy atom. The normalized spacial score (nSPS) is 10.5. The van der Waals surface area contributed by atoms with Crippen molar-refractivity contribution in [1.29, 1.82) is 0 Å². The van der Waals surface area contributed by atoms with E-state index in [2.05, 4.69) is 17.2 Å². The number of benzene rings is 1. The Hall–Kier alpha value is -1.84. The van der Waals surface area contributed by atoms with E-state index in [0.29, 0.717) is 11.3 Å². The Kier molecular flexibility index (Phi) is 5.10. The highest BCUT2D eigenvalue weighted by Gasteiger charge is 2.12. The lowest BCUT2D eigenvalue weighted by atomic mass is 10.1. The molecule has 0 saturated carbocycles. The van der Waals surface area contributed by atoms with E-state index in [0.717, 1.165) is 11.8 Å². The van der Waals surface area contributed by atoms with Crippen LogP contribution in [-0.2, 0) is 14.6 Å². The molecule has 0 aliphatic rings. The van der Waals surface area contributed by atoms with Crippen LogP contribution in [0.5, 0.6) is 0 Å². The Labute approximate surface area is 113 Å². The maximum absolute atomic E-state index is 11.6. The molecule has 0 radical (unpaired) electrons. The smallest absolute Gasteiger partial charge is 0.239 e. The number of hydrogen-bond acceptors (Lipinski definition) is 4. The number of nitrogens with two attached hydrogens (primary N) is 1. The molecule has 0 aliphatic heterocycles. The van der Waals surface area contributed by atoms with Gasteiger partial charge >= 0.3 is 0 Å². The first-order valence-corrected chi connectivity index (χ1v) is 7.65. The third kappa shape index (κ3) is 5.55. The predicted octanol–water partition coefficient (Wildman–Crippen LogP) is 0.288. The quantitative estimate of drug-likeness (QED) is 0.779. The third-order valence-corrected chi connectivity index (χ3v) is 3.03. The fourth-order valence-corrected chi connectivity index (χ4v) is 1.96. The molecule has 1 aromatic rings. The van der Waals surface area contributed by atoms with Gasteiger partial charge < -0.3 is 11.1 Å². The van der Waals surface area contributed by atoms with Crippen LogP contribution in [0.4, 0.5) is 5.69 Å². The molecule has 6 heteroatoms. The van der Waals surface area contributed by atoms with Crippen LogP contribution in [0.1, 0.15) is 11.1 Å². The minimum Gasteiger partial charge on any atom is -0.325 e. The summed E-state index contributed by atoms with van der Waals surface area (Å²) in [7, 11) is -3.34. The van der Waals surface area contributed by atoms with Gasteiger partial charge in [-0.05, 0) is 24.6 Å². The number of rotatable bonds is 3. The number of hydrogen-bond donors (Lipinski definition) is 2. The molecular formula is C13H16N2O3S. The lowest BCUT2D eigenvalue weighted by molar-refractivity contribution is -0.113. The van der Waals surface area contributed by atoms with Crippen LogP contribution in [0.3, 0.4) is 0 Å². The van der Waals surface area contributed by atoms with Crippen LogP contribution in [0, 0.1) is 18.8 Å². The molecule has 0 fully saturated rings. The SMILES string of the molecule is Cc1ccc(C#CCN)cc1NC(=O)CS(C)(=O)=O. The van der Waals surface area contributed by atoms with Gasteiger partial charge in [0.05, 0.1) is 6.54 Å². The number of nitrogens with one attached hydrogen (secondary N) is 1. The summed E-state index contributed by atoms with van der Waals surface area (Å²) in [6, 6.07) is 5.30. The Bertz CT molecular complexity index is 640. The summed E-state index contributed by atoms with van der Waals surface area (Å²) in [4.78, 5) is 11.6. The van der Waals surface area contributed by atoms with Crippen molar-refractivity contribution in [2.75, 3.05) is 23.9 Å². The number of carbonyl (C=O) groups is 1. The minimum atomic E-state index is -3.34. The topological polar surface area (TPSA) is 89.3 Å². The van der Waals surface area contributed by atoms with Crippen LogP contribution >= 0.6 is 0 Å². The fourth-order valence-electron chi connectivity index (χ4n) is 1.41. The molecule has 0 bridgehead atoms. The molecule has 0 spiro atoms. The number of amides is 1. The van der Waals surface area contributed by atoms with Crippen molar-refractivity contribution in [2.45, 2.75) is 6.92 Å². The van der Waals surface area contributed by atoms with E-state index in [-0.39, 0.29) is 6.54 Å².